The largest absolute Gasteiger partial charge is 0.440 e. The monoisotopic (exact) mass is 335 g/mol. The topological polar surface area (TPSA) is 97.2 Å². The lowest BCUT2D eigenvalue weighted by molar-refractivity contribution is 0.153. The van der Waals surface area contributed by atoms with Gasteiger partial charge in [-0.15, -0.1) is 0 Å². The van der Waals surface area contributed by atoms with Crippen LogP contribution in [0.3, 0.4) is 0 Å². The molecule has 0 spiro atoms. The Bertz CT molecular complexity index is 1090. The maximum atomic E-state index is 11.7. The average Bonchev–Trinajstić information content (AvgIpc) is 2.64. The van der Waals surface area contributed by atoms with E-state index in [1.807, 2.05) is 18.2 Å². The minimum absolute atomic E-state index is 0.0114. The first-order valence-electron chi connectivity index (χ1n) is 7.30. The molecule has 3 rings (SSSR count). The minimum Gasteiger partial charge on any atom is -0.440 e. The predicted octanol–water partition coefficient (Wildman–Crippen LogP) is 2.12. The van der Waals surface area contributed by atoms with Crippen LogP contribution in [-0.4, -0.2) is 14.5 Å². The Balaban J connectivity index is 1.96. The lowest BCUT2D eigenvalue weighted by atomic mass is 10.0. The van der Waals surface area contributed by atoms with Crippen LogP contribution in [0.1, 0.15) is 5.56 Å². The fraction of sp³-hybridized carbons (Fsp3) is 0.0556. The molecule has 0 saturated carbocycles. The smallest absolute Gasteiger partial charge is 0.366 e. The van der Waals surface area contributed by atoms with E-state index in [9.17, 15) is 14.8 Å². The van der Waals surface area contributed by atoms with Crippen molar-refractivity contribution in [3.8, 4) is 28.8 Å². The first-order chi connectivity index (χ1) is 12.0. The summed E-state index contributed by atoms with van der Waals surface area (Å²) in [6.45, 7) is 0. The van der Waals surface area contributed by atoms with E-state index in [2.05, 4.69) is 6.07 Å². The van der Waals surface area contributed by atoms with Gasteiger partial charge in [-0.05, 0) is 35.4 Å². The number of nitriles is 1. The molecule has 7 heteroatoms. The van der Waals surface area contributed by atoms with E-state index in [0.717, 1.165) is 21.8 Å². The van der Waals surface area contributed by atoms with Crippen molar-refractivity contribution < 1.29 is 9.94 Å². The second-order valence-corrected chi connectivity index (χ2v) is 5.29. The Morgan fingerprint density at radius 2 is 1.76 bits per heavy atom. The van der Waals surface area contributed by atoms with Crippen LogP contribution in [0.4, 0.5) is 0 Å². The van der Waals surface area contributed by atoms with Crippen molar-refractivity contribution in [2.24, 2.45) is 7.05 Å². The van der Waals surface area contributed by atoms with E-state index < -0.39 is 11.2 Å². The van der Waals surface area contributed by atoms with E-state index in [4.69, 9.17) is 10.00 Å². The fourth-order valence-electron chi connectivity index (χ4n) is 2.29. The Hall–Kier alpha value is -3.79. The first-order valence-corrected chi connectivity index (χ1v) is 7.30. The van der Waals surface area contributed by atoms with Gasteiger partial charge in [-0.3, -0.25) is 9.36 Å². The minimum atomic E-state index is -0.897. The molecule has 0 aliphatic heterocycles. The van der Waals surface area contributed by atoms with Gasteiger partial charge in [0.2, 0.25) is 5.88 Å². The van der Waals surface area contributed by atoms with Gasteiger partial charge >= 0.3 is 5.69 Å². The van der Waals surface area contributed by atoms with Crippen molar-refractivity contribution in [1.29, 1.82) is 5.26 Å². The zero-order chi connectivity index (χ0) is 18.0. The van der Waals surface area contributed by atoms with Gasteiger partial charge in [0.05, 0.1) is 17.7 Å². The maximum absolute atomic E-state index is 11.7. The predicted molar refractivity (Wildman–Crippen MR) is 89.8 cm³/mol. The van der Waals surface area contributed by atoms with Crippen molar-refractivity contribution >= 4 is 0 Å². The standard InChI is InChI=1S/C18H13N3O4/c1-20-17(10-16(22)21(24)18(20)23)25-15-4-2-3-14(9-15)13-7-5-12(11-19)6-8-13/h2-10,24H,1H3. The lowest BCUT2D eigenvalue weighted by Gasteiger charge is -2.11. The van der Waals surface area contributed by atoms with Gasteiger partial charge in [-0.25, -0.2) is 4.79 Å². The zero-order valence-electron chi connectivity index (χ0n) is 13.2. The van der Waals surface area contributed by atoms with E-state index in [-0.39, 0.29) is 10.6 Å². The molecule has 0 aliphatic carbocycles. The summed E-state index contributed by atoms with van der Waals surface area (Å²) in [6.07, 6.45) is 0. The number of nitrogens with zero attached hydrogens (tertiary/aromatic N) is 3. The number of ether oxygens (including phenoxy) is 1. The van der Waals surface area contributed by atoms with Crippen LogP contribution in [0.5, 0.6) is 11.6 Å². The molecular formula is C18H13N3O4. The van der Waals surface area contributed by atoms with Gasteiger partial charge in [0, 0.05) is 7.05 Å². The van der Waals surface area contributed by atoms with Crippen LogP contribution >= 0.6 is 0 Å². The van der Waals surface area contributed by atoms with Crippen LogP contribution in [-0.2, 0) is 7.05 Å². The third kappa shape index (κ3) is 3.14. The molecule has 0 radical (unpaired) electrons. The van der Waals surface area contributed by atoms with E-state index in [1.165, 1.54) is 7.05 Å². The van der Waals surface area contributed by atoms with Gasteiger partial charge in [-0.1, -0.05) is 29.0 Å². The summed E-state index contributed by atoms with van der Waals surface area (Å²) >= 11 is 0. The van der Waals surface area contributed by atoms with Crippen LogP contribution in [0.2, 0.25) is 0 Å². The summed E-state index contributed by atoms with van der Waals surface area (Å²) in [4.78, 5) is 23.3. The van der Waals surface area contributed by atoms with Gasteiger partial charge in [0.1, 0.15) is 5.75 Å². The number of benzene rings is 2. The molecule has 1 aromatic heterocycles. The molecule has 3 aromatic rings. The molecule has 0 aliphatic rings. The highest BCUT2D eigenvalue weighted by atomic mass is 16.5. The Morgan fingerprint density at radius 3 is 2.44 bits per heavy atom. The molecule has 2 aromatic carbocycles. The molecule has 0 amide bonds. The summed E-state index contributed by atoms with van der Waals surface area (Å²) in [5.41, 5.74) is 0.537. The molecule has 1 N–H and O–H groups in total. The van der Waals surface area contributed by atoms with Crippen molar-refractivity contribution in [1.82, 2.24) is 9.30 Å². The van der Waals surface area contributed by atoms with Crippen molar-refractivity contribution in [3.63, 3.8) is 0 Å². The van der Waals surface area contributed by atoms with Gasteiger partial charge in [0.15, 0.2) is 0 Å². The third-order valence-corrected chi connectivity index (χ3v) is 3.66. The highest BCUT2D eigenvalue weighted by Crippen LogP contribution is 2.26. The fourth-order valence-corrected chi connectivity index (χ4v) is 2.29. The zero-order valence-corrected chi connectivity index (χ0v) is 13.2. The quantitative estimate of drug-likeness (QED) is 0.739. The van der Waals surface area contributed by atoms with Gasteiger partial charge in [-0.2, -0.15) is 5.26 Å². The Morgan fingerprint density at radius 1 is 1.04 bits per heavy atom. The summed E-state index contributed by atoms with van der Waals surface area (Å²) in [6, 6.07) is 17.2. The maximum Gasteiger partial charge on any atom is 0.366 e. The number of hydrogen-bond acceptors (Lipinski definition) is 5. The molecule has 0 saturated heterocycles. The normalized spacial score (nSPS) is 10.2. The summed E-state index contributed by atoms with van der Waals surface area (Å²) < 4.78 is 6.66. The molecular weight excluding hydrogens is 322 g/mol. The number of rotatable bonds is 3. The van der Waals surface area contributed by atoms with Crippen LogP contribution < -0.4 is 16.0 Å². The molecule has 0 fully saturated rings. The molecule has 7 nitrogen and oxygen atoms in total. The summed E-state index contributed by atoms with van der Waals surface area (Å²) in [5.74, 6) is 0.434. The number of aromatic nitrogens is 2. The average molecular weight is 335 g/mol. The molecule has 0 bridgehead atoms. The van der Waals surface area contributed by atoms with Gasteiger partial charge < -0.3 is 9.94 Å². The van der Waals surface area contributed by atoms with E-state index in [1.54, 1.807) is 30.3 Å². The molecule has 0 atom stereocenters. The molecule has 1 heterocycles. The first kappa shape index (κ1) is 16.1. The highest BCUT2D eigenvalue weighted by molar-refractivity contribution is 5.65. The molecule has 124 valence electrons. The third-order valence-electron chi connectivity index (χ3n) is 3.66. The van der Waals surface area contributed by atoms with Crippen LogP contribution in [0.15, 0.2) is 64.2 Å². The van der Waals surface area contributed by atoms with E-state index >= 15 is 0 Å². The van der Waals surface area contributed by atoms with Crippen LogP contribution in [0, 0.1) is 11.3 Å². The van der Waals surface area contributed by atoms with Crippen LogP contribution in [0.25, 0.3) is 11.1 Å². The van der Waals surface area contributed by atoms with E-state index in [0.29, 0.717) is 11.3 Å². The van der Waals surface area contributed by atoms with Gasteiger partial charge in [0.25, 0.3) is 5.56 Å². The number of hydrogen-bond donors (Lipinski definition) is 1. The summed E-state index contributed by atoms with van der Waals surface area (Å²) in [5, 5.41) is 18.2. The Kier molecular flexibility index (Phi) is 4.10. The second kappa shape index (κ2) is 6.37. The SMILES string of the molecule is Cn1c(Oc2cccc(-c3ccc(C#N)cc3)c2)cc(=O)n(O)c1=O. The van der Waals surface area contributed by atoms with Crippen molar-refractivity contribution in [2.45, 2.75) is 0 Å². The lowest BCUT2D eigenvalue weighted by Crippen LogP contribution is -2.37. The second-order valence-electron chi connectivity index (χ2n) is 5.29. The molecule has 0 unspecified atom stereocenters. The molecule has 25 heavy (non-hydrogen) atoms. The highest BCUT2D eigenvalue weighted by Gasteiger charge is 2.10. The van der Waals surface area contributed by atoms with Crippen molar-refractivity contribution in [2.75, 3.05) is 0 Å². The summed E-state index contributed by atoms with van der Waals surface area (Å²) in [7, 11) is 1.38. The van der Waals surface area contributed by atoms with Crippen molar-refractivity contribution in [3.05, 3.63) is 81.0 Å². The Labute approximate surface area is 142 Å².